The van der Waals surface area contributed by atoms with Gasteiger partial charge in [0.15, 0.2) is 0 Å². The van der Waals surface area contributed by atoms with Crippen LogP contribution in [0, 0.1) is 6.92 Å². The molecule has 0 amide bonds. The molecule has 2 aromatic heterocycles. The lowest BCUT2D eigenvalue weighted by molar-refractivity contribution is -0.945. The van der Waals surface area contributed by atoms with Gasteiger partial charge in [0, 0.05) is 40.0 Å². The predicted molar refractivity (Wildman–Crippen MR) is 97.3 cm³/mol. The maximum absolute atomic E-state index is 12.3. The lowest BCUT2D eigenvalue weighted by atomic mass is 9.99. The van der Waals surface area contributed by atoms with Gasteiger partial charge in [0.2, 0.25) is 6.73 Å². The SMILES string of the molecule is Cc1c2c(cc3c4c(c(=O)oc13)CCC4)C[NH+](Cc1cccnc1)CO2. The van der Waals surface area contributed by atoms with Crippen LogP contribution in [0.3, 0.4) is 0 Å². The molecule has 132 valence electrons. The van der Waals surface area contributed by atoms with Crippen LogP contribution < -0.4 is 15.3 Å². The van der Waals surface area contributed by atoms with E-state index < -0.39 is 0 Å². The van der Waals surface area contributed by atoms with Crippen LogP contribution in [0.25, 0.3) is 11.0 Å². The number of benzene rings is 1. The molecule has 1 atom stereocenters. The summed E-state index contributed by atoms with van der Waals surface area (Å²) >= 11 is 0. The number of fused-ring (bicyclic) bond motifs is 4. The van der Waals surface area contributed by atoms with Gasteiger partial charge in [-0.3, -0.25) is 9.88 Å². The van der Waals surface area contributed by atoms with Crippen LogP contribution in [0.5, 0.6) is 5.75 Å². The second kappa shape index (κ2) is 5.95. The highest BCUT2D eigenvalue weighted by Gasteiger charge is 2.27. The van der Waals surface area contributed by atoms with Gasteiger partial charge in [-0.2, -0.15) is 0 Å². The highest BCUT2D eigenvalue weighted by atomic mass is 16.5. The monoisotopic (exact) mass is 349 g/mol. The molecule has 1 aliphatic heterocycles. The van der Waals surface area contributed by atoms with E-state index in [0.29, 0.717) is 12.3 Å². The molecule has 5 heteroatoms. The Morgan fingerprint density at radius 3 is 3.00 bits per heavy atom. The molecule has 1 aromatic carbocycles. The number of pyridine rings is 1. The lowest BCUT2D eigenvalue weighted by Gasteiger charge is -2.27. The maximum Gasteiger partial charge on any atom is 0.339 e. The van der Waals surface area contributed by atoms with Crippen LogP contribution in [-0.2, 0) is 25.9 Å². The highest BCUT2D eigenvalue weighted by Crippen LogP contribution is 2.36. The van der Waals surface area contributed by atoms with E-state index in [1.807, 2.05) is 19.2 Å². The van der Waals surface area contributed by atoms with Crippen LogP contribution in [0.4, 0.5) is 0 Å². The molecule has 0 saturated carbocycles. The zero-order valence-electron chi connectivity index (χ0n) is 14.8. The summed E-state index contributed by atoms with van der Waals surface area (Å²) in [6.45, 7) is 4.38. The molecule has 0 saturated heterocycles. The van der Waals surface area contributed by atoms with Crippen molar-refractivity contribution < 1.29 is 14.1 Å². The Balaban J connectivity index is 1.57. The normalized spacial score (nSPS) is 18.4. The fraction of sp³-hybridized carbons (Fsp3) is 0.333. The summed E-state index contributed by atoms with van der Waals surface area (Å²) in [6.07, 6.45) is 6.53. The van der Waals surface area contributed by atoms with Crippen molar-refractivity contribution in [3.63, 3.8) is 0 Å². The average Bonchev–Trinajstić information content (AvgIpc) is 3.15. The van der Waals surface area contributed by atoms with E-state index in [-0.39, 0.29) is 5.63 Å². The van der Waals surface area contributed by atoms with Gasteiger partial charge in [0.1, 0.15) is 24.4 Å². The Hall–Kier alpha value is -2.66. The quantitative estimate of drug-likeness (QED) is 0.718. The molecule has 3 aromatic rings. The first-order valence-electron chi connectivity index (χ1n) is 9.17. The van der Waals surface area contributed by atoms with E-state index in [1.165, 1.54) is 21.6 Å². The number of rotatable bonds is 2. The average molecular weight is 349 g/mol. The third-order valence-corrected chi connectivity index (χ3v) is 5.56. The van der Waals surface area contributed by atoms with Crippen LogP contribution in [0.15, 0.2) is 39.8 Å². The van der Waals surface area contributed by atoms with Crippen molar-refractivity contribution in [2.45, 2.75) is 39.3 Å². The number of hydrogen-bond acceptors (Lipinski definition) is 4. The van der Waals surface area contributed by atoms with Crippen molar-refractivity contribution in [1.82, 2.24) is 4.98 Å². The number of ether oxygens (including phenoxy) is 1. The Labute approximate surface area is 151 Å². The third kappa shape index (κ3) is 2.42. The van der Waals surface area contributed by atoms with Gasteiger partial charge >= 0.3 is 5.63 Å². The predicted octanol–water partition coefficient (Wildman–Crippen LogP) is 1.92. The van der Waals surface area contributed by atoms with Crippen LogP contribution >= 0.6 is 0 Å². The standard InChI is InChI=1S/C21H20N2O3/c1-13-19-15(11-23(12-25-19)10-14-4-3-7-22-9-14)8-18-16-5-2-6-17(16)21(24)26-20(13)18/h3-4,7-9H,2,5-6,10-12H2,1H3/p+1. The Morgan fingerprint density at radius 2 is 2.15 bits per heavy atom. The van der Waals surface area contributed by atoms with Crippen molar-refractivity contribution in [3.8, 4) is 5.75 Å². The van der Waals surface area contributed by atoms with Crippen molar-refractivity contribution in [2.24, 2.45) is 0 Å². The minimum Gasteiger partial charge on any atom is -0.444 e. The fourth-order valence-corrected chi connectivity index (χ4v) is 4.36. The second-order valence-corrected chi connectivity index (χ2v) is 7.32. The Morgan fingerprint density at radius 1 is 1.27 bits per heavy atom. The van der Waals surface area contributed by atoms with Crippen LogP contribution in [-0.4, -0.2) is 11.7 Å². The minimum atomic E-state index is -0.173. The molecule has 0 bridgehead atoms. The van der Waals surface area contributed by atoms with Gasteiger partial charge in [0.25, 0.3) is 0 Å². The van der Waals surface area contributed by atoms with Gasteiger partial charge in [0.05, 0.1) is 0 Å². The van der Waals surface area contributed by atoms with Crippen molar-refractivity contribution in [1.29, 1.82) is 0 Å². The van der Waals surface area contributed by atoms with Gasteiger partial charge in [-0.25, -0.2) is 4.79 Å². The summed E-state index contributed by atoms with van der Waals surface area (Å²) < 4.78 is 11.8. The maximum atomic E-state index is 12.3. The topological polar surface area (TPSA) is 56.8 Å². The molecule has 3 heterocycles. The van der Waals surface area contributed by atoms with E-state index in [9.17, 15) is 4.79 Å². The van der Waals surface area contributed by atoms with E-state index in [4.69, 9.17) is 9.15 Å². The first-order chi connectivity index (χ1) is 12.7. The van der Waals surface area contributed by atoms with E-state index >= 15 is 0 Å². The van der Waals surface area contributed by atoms with E-state index in [0.717, 1.165) is 54.6 Å². The first kappa shape index (κ1) is 15.6. The van der Waals surface area contributed by atoms with Crippen LogP contribution in [0.1, 0.15) is 34.2 Å². The molecular formula is C21H21N2O3+. The number of hydrogen-bond donors (Lipinski definition) is 1. The second-order valence-electron chi connectivity index (χ2n) is 7.32. The van der Waals surface area contributed by atoms with E-state index in [1.54, 1.807) is 6.20 Å². The highest BCUT2D eigenvalue weighted by molar-refractivity contribution is 5.87. The first-order valence-corrected chi connectivity index (χ1v) is 9.17. The Kier molecular flexibility index (Phi) is 3.57. The van der Waals surface area contributed by atoms with Gasteiger partial charge in [-0.15, -0.1) is 0 Å². The van der Waals surface area contributed by atoms with Crippen molar-refractivity contribution in [2.75, 3.05) is 6.73 Å². The number of aromatic nitrogens is 1. The molecule has 26 heavy (non-hydrogen) atoms. The molecule has 1 aliphatic carbocycles. The summed E-state index contributed by atoms with van der Waals surface area (Å²) in [4.78, 5) is 17.8. The number of quaternary nitrogens is 1. The molecule has 5 nitrogen and oxygen atoms in total. The molecule has 0 radical (unpaired) electrons. The lowest BCUT2D eigenvalue weighted by Crippen LogP contribution is -3.10. The summed E-state index contributed by atoms with van der Waals surface area (Å²) in [7, 11) is 0. The van der Waals surface area contributed by atoms with Crippen molar-refractivity contribution >= 4 is 11.0 Å². The number of nitrogens with zero attached hydrogens (tertiary/aromatic N) is 1. The molecule has 1 unspecified atom stereocenters. The number of aryl methyl sites for hydroxylation is 2. The smallest absolute Gasteiger partial charge is 0.339 e. The summed E-state index contributed by atoms with van der Waals surface area (Å²) in [5.41, 5.74) is 5.93. The fourth-order valence-electron chi connectivity index (χ4n) is 4.36. The Bertz CT molecular complexity index is 1060. The van der Waals surface area contributed by atoms with E-state index in [2.05, 4.69) is 17.1 Å². The largest absolute Gasteiger partial charge is 0.444 e. The molecular weight excluding hydrogens is 328 g/mol. The molecule has 0 fully saturated rings. The molecule has 1 N–H and O–H groups in total. The number of nitrogens with one attached hydrogen (secondary N) is 1. The van der Waals surface area contributed by atoms with Gasteiger partial charge in [-0.05, 0) is 43.9 Å². The van der Waals surface area contributed by atoms with Crippen molar-refractivity contribution in [3.05, 3.63) is 68.8 Å². The summed E-state index contributed by atoms with van der Waals surface area (Å²) in [5, 5.41) is 1.10. The molecule has 5 rings (SSSR count). The molecule has 2 aliphatic rings. The van der Waals surface area contributed by atoms with Gasteiger partial charge in [-0.1, -0.05) is 6.07 Å². The van der Waals surface area contributed by atoms with Crippen LogP contribution in [0.2, 0.25) is 0 Å². The zero-order chi connectivity index (χ0) is 17.7. The minimum absolute atomic E-state index is 0.173. The zero-order valence-corrected chi connectivity index (χ0v) is 14.8. The molecule has 0 spiro atoms. The third-order valence-electron chi connectivity index (χ3n) is 5.56. The summed E-state index contributed by atoms with van der Waals surface area (Å²) in [5.74, 6) is 0.883. The summed E-state index contributed by atoms with van der Waals surface area (Å²) in [6, 6.07) is 6.26. The van der Waals surface area contributed by atoms with Gasteiger partial charge < -0.3 is 9.15 Å².